The third-order valence-electron chi connectivity index (χ3n) is 2.98. The van der Waals surface area contributed by atoms with Crippen molar-refractivity contribution in [3.8, 4) is 0 Å². The lowest BCUT2D eigenvalue weighted by Gasteiger charge is -2.08. The van der Waals surface area contributed by atoms with E-state index < -0.39 is 0 Å². The molecular formula is C12H11IN6OS. The van der Waals surface area contributed by atoms with Crippen LogP contribution in [0, 0.1) is 10.5 Å². The van der Waals surface area contributed by atoms with Gasteiger partial charge in [-0.3, -0.25) is 9.36 Å². The van der Waals surface area contributed by atoms with Gasteiger partial charge in [0, 0.05) is 0 Å². The van der Waals surface area contributed by atoms with E-state index in [9.17, 15) is 4.79 Å². The van der Waals surface area contributed by atoms with Gasteiger partial charge in [0.15, 0.2) is 11.6 Å². The van der Waals surface area contributed by atoms with Crippen molar-refractivity contribution in [2.24, 2.45) is 5.84 Å². The third kappa shape index (κ3) is 2.63. The maximum Gasteiger partial charge on any atom is 0.267 e. The monoisotopic (exact) mass is 414 g/mol. The molecule has 0 aliphatic rings. The molecule has 0 fully saturated rings. The average Bonchev–Trinajstić information content (AvgIpc) is 2.95. The fraction of sp³-hybridized carbons (Fsp3) is 0.167. The van der Waals surface area contributed by atoms with Crippen molar-refractivity contribution >= 4 is 50.0 Å². The molecule has 3 heterocycles. The van der Waals surface area contributed by atoms with Crippen LogP contribution in [0.3, 0.4) is 0 Å². The van der Waals surface area contributed by atoms with Crippen LogP contribution in [0.2, 0.25) is 0 Å². The summed E-state index contributed by atoms with van der Waals surface area (Å²) in [7, 11) is 0. The predicted octanol–water partition coefficient (Wildman–Crippen LogP) is 1.49. The minimum atomic E-state index is -0.0970. The van der Waals surface area contributed by atoms with Crippen molar-refractivity contribution in [1.29, 1.82) is 0 Å². The molecule has 3 aromatic rings. The van der Waals surface area contributed by atoms with E-state index in [1.54, 1.807) is 6.92 Å². The number of nitrogen functional groups attached to an aromatic ring is 1. The number of fused-ring (bicyclic) bond motifs is 1. The van der Waals surface area contributed by atoms with Crippen molar-refractivity contribution in [3.05, 3.63) is 43.2 Å². The zero-order valence-electron chi connectivity index (χ0n) is 11.0. The van der Waals surface area contributed by atoms with Crippen molar-refractivity contribution in [1.82, 2.24) is 19.5 Å². The highest BCUT2D eigenvalue weighted by atomic mass is 127. The summed E-state index contributed by atoms with van der Waals surface area (Å²) in [4.78, 5) is 26.0. The number of aromatic nitrogens is 4. The van der Waals surface area contributed by atoms with Gasteiger partial charge in [0.25, 0.3) is 5.56 Å². The van der Waals surface area contributed by atoms with Gasteiger partial charge in [-0.25, -0.2) is 20.8 Å². The lowest BCUT2D eigenvalue weighted by molar-refractivity contribution is 0.692. The molecule has 108 valence electrons. The molecular weight excluding hydrogens is 403 g/mol. The lowest BCUT2D eigenvalue weighted by atomic mass is 10.3. The van der Waals surface area contributed by atoms with Crippen molar-refractivity contribution in [2.45, 2.75) is 13.5 Å². The predicted molar refractivity (Wildman–Crippen MR) is 90.3 cm³/mol. The largest absolute Gasteiger partial charge is 0.308 e. The van der Waals surface area contributed by atoms with Gasteiger partial charge in [-0.2, -0.15) is 0 Å². The zero-order chi connectivity index (χ0) is 15.0. The Morgan fingerprint density at radius 3 is 3.05 bits per heavy atom. The summed E-state index contributed by atoms with van der Waals surface area (Å²) in [5.41, 5.74) is 3.19. The molecule has 0 unspecified atom stereocenters. The lowest BCUT2D eigenvalue weighted by Crippen LogP contribution is -2.25. The first-order valence-corrected chi connectivity index (χ1v) is 7.98. The minimum absolute atomic E-state index is 0.0970. The normalized spacial score (nSPS) is 11.0. The maximum absolute atomic E-state index is 12.2. The highest BCUT2D eigenvalue weighted by molar-refractivity contribution is 14.1. The molecule has 3 aromatic heterocycles. The van der Waals surface area contributed by atoms with Crippen LogP contribution >= 0.6 is 33.9 Å². The number of hydrazine groups is 1. The third-order valence-corrected chi connectivity index (χ3v) is 5.03. The van der Waals surface area contributed by atoms with E-state index >= 15 is 0 Å². The van der Waals surface area contributed by atoms with Gasteiger partial charge in [0.2, 0.25) is 0 Å². The first-order valence-electron chi connectivity index (χ1n) is 6.02. The molecule has 9 heteroatoms. The first kappa shape index (κ1) is 14.4. The van der Waals surface area contributed by atoms with Crippen LogP contribution in [-0.2, 0) is 6.54 Å². The standard InChI is InChI=1S/C12H11IN6OS/c1-6-9(13)12(20)19(5-15-6)4-8-16-10(18-14)7-2-3-21-11(7)17-8/h2-3,5H,4,14H2,1H3,(H,16,17,18). The molecule has 0 amide bonds. The number of thiophene rings is 1. The van der Waals surface area contributed by atoms with E-state index in [4.69, 9.17) is 5.84 Å². The van der Waals surface area contributed by atoms with E-state index in [0.29, 0.717) is 15.2 Å². The second-order valence-corrected chi connectivity index (χ2v) is 6.32. The van der Waals surface area contributed by atoms with Crippen LogP contribution in [0.1, 0.15) is 11.5 Å². The number of hydrogen-bond acceptors (Lipinski definition) is 7. The Labute approximate surface area is 137 Å². The SMILES string of the molecule is Cc1ncn(Cc2nc(NN)c3ccsc3n2)c(=O)c1I. The van der Waals surface area contributed by atoms with Gasteiger partial charge < -0.3 is 5.43 Å². The molecule has 0 radical (unpaired) electrons. The van der Waals surface area contributed by atoms with Crippen molar-refractivity contribution in [3.63, 3.8) is 0 Å². The Morgan fingerprint density at radius 1 is 1.48 bits per heavy atom. The smallest absolute Gasteiger partial charge is 0.267 e. The summed E-state index contributed by atoms with van der Waals surface area (Å²) in [5.74, 6) is 6.56. The molecule has 0 aromatic carbocycles. The summed E-state index contributed by atoms with van der Waals surface area (Å²) in [6, 6.07) is 1.90. The Kier molecular flexibility index (Phi) is 3.87. The Balaban J connectivity index is 2.06. The number of nitrogens with two attached hydrogens (primary N) is 1. The Bertz CT molecular complexity index is 874. The molecule has 3 rings (SSSR count). The highest BCUT2D eigenvalue weighted by Crippen LogP contribution is 2.24. The number of rotatable bonds is 3. The van der Waals surface area contributed by atoms with E-state index in [0.717, 1.165) is 15.9 Å². The van der Waals surface area contributed by atoms with Crippen LogP contribution < -0.4 is 16.8 Å². The van der Waals surface area contributed by atoms with E-state index in [1.807, 2.05) is 34.0 Å². The molecule has 7 nitrogen and oxygen atoms in total. The van der Waals surface area contributed by atoms with E-state index in [2.05, 4.69) is 20.4 Å². The van der Waals surface area contributed by atoms with Crippen LogP contribution in [-0.4, -0.2) is 19.5 Å². The van der Waals surface area contributed by atoms with Crippen LogP contribution in [0.5, 0.6) is 0 Å². The average molecular weight is 414 g/mol. The summed E-state index contributed by atoms with van der Waals surface area (Å²) in [5, 5.41) is 2.79. The molecule has 0 atom stereocenters. The number of nitrogens with one attached hydrogen (secondary N) is 1. The molecule has 0 bridgehead atoms. The maximum atomic E-state index is 12.2. The molecule has 0 spiro atoms. The topological polar surface area (TPSA) is 98.7 Å². The van der Waals surface area contributed by atoms with Crippen molar-refractivity contribution < 1.29 is 0 Å². The number of hydrogen-bond donors (Lipinski definition) is 2. The van der Waals surface area contributed by atoms with Gasteiger partial charge in [-0.1, -0.05) is 0 Å². The van der Waals surface area contributed by atoms with Crippen LogP contribution in [0.15, 0.2) is 22.6 Å². The molecule has 0 saturated heterocycles. The number of nitrogens with zero attached hydrogens (tertiary/aromatic N) is 4. The summed E-state index contributed by atoms with van der Waals surface area (Å²) >= 11 is 3.50. The summed E-state index contributed by atoms with van der Waals surface area (Å²) in [6.07, 6.45) is 1.51. The second-order valence-electron chi connectivity index (χ2n) is 4.35. The summed E-state index contributed by atoms with van der Waals surface area (Å²) in [6.45, 7) is 2.06. The van der Waals surface area contributed by atoms with Gasteiger partial charge in [0.1, 0.15) is 4.83 Å². The molecule has 21 heavy (non-hydrogen) atoms. The molecule has 0 saturated carbocycles. The second kappa shape index (κ2) is 5.66. The number of halogens is 1. The van der Waals surface area contributed by atoms with E-state index in [1.165, 1.54) is 22.2 Å². The van der Waals surface area contributed by atoms with Crippen LogP contribution in [0.4, 0.5) is 5.82 Å². The molecule has 0 aliphatic heterocycles. The molecule has 0 aliphatic carbocycles. The van der Waals surface area contributed by atoms with Gasteiger partial charge >= 0.3 is 0 Å². The molecule has 3 N–H and O–H groups in total. The number of aryl methyl sites for hydroxylation is 1. The highest BCUT2D eigenvalue weighted by Gasteiger charge is 2.11. The quantitative estimate of drug-likeness (QED) is 0.383. The Hall–Kier alpha value is -1.59. The fourth-order valence-corrected chi connectivity index (χ4v) is 3.12. The van der Waals surface area contributed by atoms with Gasteiger partial charge in [0.05, 0.1) is 27.5 Å². The zero-order valence-corrected chi connectivity index (χ0v) is 14.0. The van der Waals surface area contributed by atoms with Crippen LogP contribution in [0.25, 0.3) is 10.2 Å². The number of anilines is 1. The summed E-state index contributed by atoms with van der Waals surface area (Å²) < 4.78 is 2.09. The van der Waals surface area contributed by atoms with Gasteiger partial charge in [-0.15, -0.1) is 11.3 Å². The van der Waals surface area contributed by atoms with Gasteiger partial charge in [-0.05, 0) is 41.0 Å². The first-order chi connectivity index (χ1) is 10.1. The van der Waals surface area contributed by atoms with Crippen molar-refractivity contribution in [2.75, 3.05) is 5.43 Å². The fourth-order valence-electron chi connectivity index (χ4n) is 1.89. The van der Waals surface area contributed by atoms with E-state index in [-0.39, 0.29) is 12.1 Å². The minimum Gasteiger partial charge on any atom is -0.308 e. The Morgan fingerprint density at radius 2 is 2.29 bits per heavy atom.